The minimum atomic E-state index is -0.711. The standard InChI is InChI=1S/C22H26B2O2S2/c23-20-10-4-1-7-17(20)15-27-14-13-19(9-3-6-12-22(25)26)28-16-18-8-2-5-11-21(18)24/h1-2,4-5,7-8,10-11,19H,3,6,9,12-16H2,(H,25,26). The second-order valence-electron chi connectivity index (χ2n) is 6.81. The molecule has 1 unspecified atom stereocenters. The van der Waals surface area contributed by atoms with Crippen LogP contribution < -0.4 is 10.9 Å². The number of thioether (sulfide) groups is 2. The van der Waals surface area contributed by atoms with E-state index in [0.29, 0.717) is 5.25 Å². The lowest BCUT2D eigenvalue weighted by molar-refractivity contribution is -0.137. The summed E-state index contributed by atoms with van der Waals surface area (Å²) in [6.07, 6.45) is 4.09. The maximum absolute atomic E-state index is 10.7. The van der Waals surface area contributed by atoms with Crippen LogP contribution in [0.2, 0.25) is 0 Å². The number of carbonyl (C=O) groups is 1. The van der Waals surface area contributed by atoms with Crippen molar-refractivity contribution in [2.75, 3.05) is 5.75 Å². The van der Waals surface area contributed by atoms with Crippen LogP contribution in [0.15, 0.2) is 48.5 Å². The molecule has 0 amide bonds. The van der Waals surface area contributed by atoms with Crippen LogP contribution in [0.3, 0.4) is 0 Å². The predicted molar refractivity (Wildman–Crippen MR) is 126 cm³/mol. The molecule has 0 aliphatic rings. The zero-order valence-electron chi connectivity index (χ0n) is 16.2. The maximum Gasteiger partial charge on any atom is 0.303 e. The third kappa shape index (κ3) is 8.83. The summed E-state index contributed by atoms with van der Waals surface area (Å²) in [6, 6.07) is 16.0. The van der Waals surface area contributed by atoms with Crippen molar-refractivity contribution < 1.29 is 9.90 Å². The van der Waals surface area contributed by atoms with Gasteiger partial charge in [-0.15, -0.1) is 0 Å². The van der Waals surface area contributed by atoms with Crippen LogP contribution in [0.1, 0.15) is 43.2 Å². The molecule has 6 heteroatoms. The highest BCUT2D eigenvalue weighted by Gasteiger charge is 2.11. The fourth-order valence-electron chi connectivity index (χ4n) is 2.90. The van der Waals surface area contributed by atoms with Crippen molar-refractivity contribution in [3.05, 3.63) is 59.7 Å². The quantitative estimate of drug-likeness (QED) is 0.404. The molecule has 0 saturated heterocycles. The van der Waals surface area contributed by atoms with E-state index >= 15 is 0 Å². The molecular weight excluding hydrogens is 382 g/mol. The third-order valence-corrected chi connectivity index (χ3v) is 7.05. The van der Waals surface area contributed by atoms with Crippen LogP contribution in [-0.4, -0.2) is 37.8 Å². The Kier molecular flexibility index (Phi) is 10.7. The first-order chi connectivity index (χ1) is 13.6. The van der Waals surface area contributed by atoms with E-state index < -0.39 is 5.97 Å². The summed E-state index contributed by atoms with van der Waals surface area (Å²) in [5, 5.41) is 9.34. The van der Waals surface area contributed by atoms with Crippen LogP contribution in [0.5, 0.6) is 0 Å². The lowest BCUT2D eigenvalue weighted by Gasteiger charge is -2.17. The fourth-order valence-corrected chi connectivity index (χ4v) is 5.42. The molecule has 28 heavy (non-hydrogen) atoms. The molecule has 2 aromatic carbocycles. The number of aliphatic carboxylic acids is 1. The summed E-state index contributed by atoms with van der Waals surface area (Å²) in [5.74, 6) is 2.17. The molecule has 0 fully saturated rings. The molecule has 0 saturated carbocycles. The van der Waals surface area contributed by atoms with Gasteiger partial charge < -0.3 is 5.11 Å². The fraction of sp³-hybridized carbons (Fsp3) is 0.409. The molecule has 0 aliphatic carbocycles. The number of rotatable bonds is 13. The molecule has 0 heterocycles. The van der Waals surface area contributed by atoms with Crippen molar-refractivity contribution in [1.82, 2.24) is 0 Å². The van der Waals surface area contributed by atoms with Gasteiger partial charge in [0.25, 0.3) is 0 Å². The van der Waals surface area contributed by atoms with Gasteiger partial charge >= 0.3 is 5.97 Å². The van der Waals surface area contributed by atoms with E-state index in [1.54, 1.807) is 0 Å². The minimum absolute atomic E-state index is 0.255. The molecule has 0 bridgehead atoms. The first kappa shape index (κ1) is 23.0. The number of carboxylic acids is 1. The topological polar surface area (TPSA) is 37.3 Å². The Bertz CT molecular complexity index is 740. The van der Waals surface area contributed by atoms with Gasteiger partial charge in [-0.25, -0.2) is 0 Å². The first-order valence-corrected chi connectivity index (χ1v) is 11.8. The van der Waals surface area contributed by atoms with E-state index in [4.69, 9.17) is 20.8 Å². The molecule has 2 nitrogen and oxygen atoms in total. The molecule has 2 rings (SSSR count). The SMILES string of the molecule is [B]c1ccccc1CSCCC(CCCCC(=O)O)SCc1ccccc1[B]. The first-order valence-electron chi connectivity index (χ1n) is 9.64. The Morgan fingerprint density at radius 2 is 1.50 bits per heavy atom. The monoisotopic (exact) mass is 408 g/mol. The maximum atomic E-state index is 10.7. The largest absolute Gasteiger partial charge is 0.481 e. The molecule has 0 spiro atoms. The van der Waals surface area contributed by atoms with Crippen LogP contribution in [0, 0.1) is 0 Å². The van der Waals surface area contributed by atoms with Crippen molar-refractivity contribution in [2.24, 2.45) is 0 Å². The van der Waals surface area contributed by atoms with Gasteiger partial charge in [0.2, 0.25) is 0 Å². The molecule has 1 atom stereocenters. The van der Waals surface area contributed by atoms with Gasteiger partial charge in [0.1, 0.15) is 15.7 Å². The Balaban J connectivity index is 1.79. The predicted octanol–water partition coefficient (Wildman–Crippen LogP) is 3.84. The van der Waals surface area contributed by atoms with Crippen molar-refractivity contribution >= 4 is 56.1 Å². The molecule has 2 aromatic rings. The molecule has 4 radical (unpaired) electrons. The summed E-state index contributed by atoms with van der Waals surface area (Å²) in [7, 11) is 12.1. The van der Waals surface area contributed by atoms with Gasteiger partial charge in [-0.05, 0) is 36.1 Å². The van der Waals surface area contributed by atoms with E-state index in [1.165, 1.54) is 11.1 Å². The highest BCUT2D eigenvalue weighted by Crippen LogP contribution is 2.26. The number of hydrogen-bond donors (Lipinski definition) is 1. The molecule has 0 aromatic heterocycles. The minimum Gasteiger partial charge on any atom is -0.481 e. The van der Waals surface area contributed by atoms with Gasteiger partial charge in [-0.2, -0.15) is 23.5 Å². The summed E-state index contributed by atoms with van der Waals surface area (Å²) in [6.45, 7) is 0. The second-order valence-corrected chi connectivity index (χ2v) is 9.21. The van der Waals surface area contributed by atoms with Crippen LogP contribution >= 0.6 is 23.5 Å². The van der Waals surface area contributed by atoms with Crippen LogP contribution in [-0.2, 0) is 16.3 Å². The zero-order chi connectivity index (χ0) is 20.2. The summed E-state index contributed by atoms with van der Waals surface area (Å²) in [5.41, 5.74) is 4.06. The second kappa shape index (κ2) is 13.1. The van der Waals surface area contributed by atoms with E-state index in [0.717, 1.165) is 53.9 Å². The highest BCUT2D eigenvalue weighted by atomic mass is 32.2. The van der Waals surface area contributed by atoms with Crippen molar-refractivity contribution in [2.45, 2.75) is 48.9 Å². The zero-order valence-corrected chi connectivity index (χ0v) is 17.8. The highest BCUT2D eigenvalue weighted by molar-refractivity contribution is 7.99. The van der Waals surface area contributed by atoms with Crippen molar-refractivity contribution in [1.29, 1.82) is 0 Å². The third-order valence-electron chi connectivity index (χ3n) is 4.59. The Labute approximate surface area is 180 Å². The summed E-state index contributed by atoms with van der Waals surface area (Å²) >= 11 is 3.84. The molecular formula is C22H26B2O2S2. The molecule has 144 valence electrons. The van der Waals surface area contributed by atoms with E-state index in [-0.39, 0.29) is 6.42 Å². The number of carboxylic acid groups (broad SMARTS) is 1. The number of unbranched alkanes of at least 4 members (excludes halogenated alkanes) is 1. The van der Waals surface area contributed by atoms with Gasteiger partial charge in [-0.3, -0.25) is 4.79 Å². The molecule has 0 aliphatic heterocycles. The summed E-state index contributed by atoms with van der Waals surface area (Å²) in [4.78, 5) is 10.7. The van der Waals surface area contributed by atoms with Gasteiger partial charge in [0, 0.05) is 23.2 Å². The van der Waals surface area contributed by atoms with Crippen LogP contribution in [0.4, 0.5) is 0 Å². The molecule has 1 N–H and O–H groups in total. The Morgan fingerprint density at radius 1 is 0.893 bits per heavy atom. The number of benzene rings is 2. The van der Waals surface area contributed by atoms with E-state index in [9.17, 15) is 4.79 Å². The lowest BCUT2D eigenvalue weighted by atomic mass is 9.92. The van der Waals surface area contributed by atoms with Gasteiger partial charge in [0.15, 0.2) is 0 Å². The van der Waals surface area contributed by atoms with E-state index in [2.05, 4.69) is 12.1 Å². The van der Waals surface area contributed by atoms with E-state index in [1.807, 2.05) is 59.9 Å². The average molecular weight is 408 g/mol. The normalized spacial score (nSPS) is 12.0. The lowest BCUT2D eigenvalue weighted by Crippen LogP contribution is -2.12. The van der Waals surface area contributed by atoms with Gasteiger partial charge in [0.05, 0.1) is 0 Å². The van der Waals surface area contributed by atoms with Gasteiger partial charge in [-0.1, -0.05) is 65.9 Å². The number of hydrogen-bond acceptors (Lipinski definition) is 3. The van der Waals surface area contributed by atoms with Crippen molar-refractivity contribution in [3.63, 3.8) is 0 Å². The Morgan fingerprint density at radius 3 is 2.11 bits per heavy atom. The Hall–Kier alpha value is -1.26. The average Bonchev–Trinajstić information content (AvgIpc) is 2.68. The van der Waals surface area contributed by atoms with Crippen molar-refractivity contribution in [3.8, 4) is 0 Å². The summed E-state index contributed by atoms with van der Waals surface area (Å²) < 4.78 is 0. The van der Waals surface area contributed by atoms with Crippen LogP contribution in [0.25, 0.3) is 0 Å². The smallest absolute Gasteiger partial charge is 0.303 e.